The Labute approximate surface area is 130 Å². The van der Waals surface area contributed by atoms with Gasteiger partial charge < -0.3 is 19.5 Å². The topological polar surface area (TPSA) is 39.7 Å². The average Bonchev–Trinajstić information content (AvgIpc) is 2.76. The Morgan fingerprint density at radius 2 is 1.90 bits per heavy atom. The Bertz CT molecular complexity index is 509. The van der Waals surface area contributed by atoms with Crippen molar-refractivity contribution in [1.29, 1.82) is 0 Å². The van der Waals surface area contributed by atoms with Gasteiger partial charge in [0.1, 0.15) is 0 Å². The van der Waals surface area contributed by atoms with E-state index >= 15 is 0 Å². The third-order valence-corrected chi connectivity index (χ3v) is 4.61. The summed E-state index contributed by atoms with van der Waals surface area (Å²) < 4.78 is 17.4. The molecule has 0 aliphatic carbocycles. The van der Waals surface area contributed by atoms with Crippen LogP contribution in [0.25, 0.3) is 0 Å². The number of benzene rings is 1. The molecule has 5 heteroatoms. The first kappa shape index (κ1) is 14.9. The van der Waals surface area contributed by atoms with Gasteiger partial charge in [0.2, 0.25) is 0 Å². The maximum Gasteiger partial charge on any atom is 0.162 e. The molecule has 1 saturated heterocycles. The first-order chi connectivity index (χ1) is 10.2. The van der Waals surface area contributed by atoms with E-state index < -0.39 is 0 Å². The molecule has 4 nitrogen and oxygen atoms in total. The van der Waals surface area contributed by atoms with E-state index in [1.165, 1.54) is 0 Å². The van der Waals surface area contributed by atoms with E-state index in [9.17, 15) is 0 Å². The van der Waals surface area contributed by atoms with E-state index in [0.717, 1.165) is 36.5 Å². The molecule has 1 aromatic carbocycles. The first-order valence-corrected chi connectivity index (χ1v) is 7.96. The molecule has 3 rings (SSSR count). The van der Waals surface area contributed by atoms with Crippen LogP contribution in [0.1, 0.15) is 31.4 Å². The van der Waals surface area contributed by atoms with Crippen molar-refractivity contribution < 1.29 is 14.2 Å². The quantitative estimate of drug-likeness (QED) is 0.930. The van der Waals surface area contributed by atoms with E-state index in [0.29, 0.717) is 24.2 Å². The summed E-state index contributed by atoms with van der Waals surface area (Å²) in [6.07, 6.45) is 2.11. The summed E-state index contributed by atoms with van der Waals surface area (Å²) in [7, 11) is 1.94. The number of hydrogen-bond donors (Lipinski definition) is 1. The lowest BCUT2D eigenvalue weighted by Crippen LogP contribution is -2.32. The summed E-state index contributed by atoms with van der Waals surface area (Å²) in [5.41, 5.74) is 1.02. The Hall–Kier alpha value is -0.970. The highest BCUT2D eigenvalue weighted by Gasteiger charge is 2.34. The van der Waals surface area contributed by atoms with Gasteiger partial charge in [-0.1, -0.05) is 18.5 Å². The van der Waals surface area contributed by atoms with Crippen LogP contribution in [0, 0.1) is 5.92 Å². The van der Waals surface area contributed by atoms with Gasteiger partial charge in [0.15, 0.2) is 11.5 Å². The number of fused-ring (bicyclic) bond motifs is 1. The number of likely N-dealkylation sites (N-methyl/N-ethyl adjacent to an activating group) is 1. The van der Waals surface area contributed by atoms with Gasteiger partial charge in [-0.15, -0.1) is 0 Å². The molecule has 0 radical (unpaired) electrons. The number of rotatable bonds is 3. The zero-order valence-corrected chi connectivity index (χ0v) is 13.3. The minimum absolute atomic E-state index is 0.0622. The van der Waals surface area contributed by atoms with Crippen LogP contribution in [0.4, 0.5) is 0 Å². The maximum absolute atomic E-state index is 6.48. The summed E-state index contributed by atoms with van der Waals surface area (Å²) in [5, 5.41) is 4.04. The molecule has 1 N–H and O–H groups in total. The third kappa shape index (κ3) is 2.98. The Morgan fingerprint density at radius 1 is 1.19 bits per heavy atom. The molecule has 0 amide bonds. The van der Waals surface area contributed by atoms with Gasteiger partial charge in [0.25, 0.3) is 0 Å². The molecule has 0 bridgehead atoms. The van der Waals surface area contributed by atoms with Crippen LogP contribution in [0.15, 0.2) is 12.1 Å². The molecule has 1 aromatic rings. The molecule has 2 heterocycles. The number of halogens is 1. The fraction of sp³-hybridized carbons (Fsp3) is 0.625. The molecule has 21 heavy (non-hydrogen) atoms. The van der Waals surface area contributed by atoms with Crippen LogP contribution in [-0.2, 0) is 4.74 Å². The van der Waals surface area contributed by atoms with Crippen molar-refractivity contribution in [3.8, 4) is 11.5 Å². The van der Waals surface area contributed by atoms with Crippen molar-refractivity contribution in [1.82, 2.24) is 5.32 Å². The van der Waals surface area contributed by atoms with Crippen molar-refractivity contribution in [2.75, 3.05) is 26.9 Å². The van der Waals surface area contributed by atoms with E-state index in [2.05, 4.69) is 12.2 Å². The molecule has 2 aliphatic heterocycles. The van der Waals surface area contributed by atoms with E-state index in [1.54, 1.807) is 0 Å². The summed E-state index contributed by atoms with van der Waals surface area (Å²) in [5.74, 6) is 2.02. The van der Waals surface area contributed by atoms with Crippen LogP contribution in [0.5, 0.6) is 11.5 Å². The van der Waals surface area contributed by atoms with Crippen LogP contribution in [0.2, 0.25) is 5.02 Å². The van der Waals surface area contributed by atoms with Crippen molar-refractivity contribution in [2.45, 2.75) is 31.9 Å². The van der Waals surface area contributed by atoms with Crippen LogP contribution < -0.4 is 14.8 Å². The van der Waals surface area contributed by atoms with Gasteiger partial charge in [-0.05, 0) is 31.0 Å². The minimum Gasteiger partial charge on any atom is -0.490 e. The lowest BCUT2D eigenvalue weighted by molar-refractivity contribution is 0.0631. The second kappa shape index (κ2) is 6.42. The molecular formula is C16H22ClNO3. The van der Waals surface area contributed by atoms with Crippen LogP contribution >= 0.6 is 11.6 Å². The van der Waals surface area contributed by atoms with Crippen LogP contribution in [0.3, 0.4) is 0 Å². The lowest BCUT2D eigenvalue weighted by atomic mass is 9.92. The maximum atomic E-state index is 6.48. The monoisotopic (exact) mass is 311 g/mol. The number of nitrogens with one attached hydrogen (secondary N) is 1. The van der Waals surface area contributed by atoms with E-state index in [1.807, 2.05) is 19.2 Å². The second-order valence-electron chi connectivity index (χ2n) is 5.74. The second-order valence-corrected chi connectivity index (χ2v) is 6.15. The molecule has 0 saturated carbocycles. The highest BCUT2D eigenvalue weighted by molar-refractivity contribution is 6.31. The van der Waals surface area contributed by atoms with Crippen molar-refractivity contribution in [2.24, 2.45) is 5.92 Å². The first-order valence-electron chi connectivity index (χ1n) is 7.58. The van der Waals surface area contributed by atoms with Crippen molar-refractivity contribution in [3.05, 3.63) is 22.7 Å². The highest BCUT2D eigenvalue weighted by atomic mass is 35.5. The normalized spacial score (nSPS) is 26.4. The number of hydrogen-bond acceptors (Lipinski definition) is 4. The lowest BCUT2D eigenvalue weighted by Gasteiger charge is -2.27. The molecule has 116 valence electrons. The highest BCUT2D eigenvalue weighted by Crippen LogP contribution is 2.40. The average molecular weight is 312 g/mol. The Morgan fingerprint density at radius 3 is 2.52 bits per heavy atom. The summed E-state index contributed by atoms with van der Waals surface area (Å²) in [6, 6.07) is 3.92. The predicted molar refractivity (Wildman–Crippen MR) is 82.4 cm³/mol. The fourth-order valence-corrected chi connectivity index (χ4v) is 3.35. The molecular weight excluding hydrogens is 290 g/mol. The summed E-state index contributed by atoms with van der Waals surface area (Å²) >= 11 is 6.48. The van der Waals surface area contributed by atoms with Gasteiger partial charge in [0.05, 0.1) is 25.4 Å². The SMILES string of the molecule is CNC(c1cc2c(cc1Cl)OCCCO2)C1OCCC1C. The fourth-order valence-electron chi connectivity index (χ4n) is 3.08. The molecule has 3 atom stereocenters. The van der Waals surface area contributed by atoms with E-state index in [4.69, 9.17) is 25.8 Å². The van der Waals surface area contributed by atoms with Crippen LogP contribution in [-0.4, -0.2) is 33.0 Å². The molecule has 0 aromatic heterocycles. The molecule has 0 spiro atoms. The van der Waals surface area contributed by atoms with Gasteiger partial charge in [-0.25, -0.2) is 0 Å². The summed E-state index contributed by atoms with van der Waals surface area (Å²) in [6.45, 7) is 4.38. The van der Waals surface area contributed by atoms with Crippen molar-refractivity contribution >= 4 is 11.6 Å². The Kier molecular flexibility index (Phi) is 4.57. The zero-order valence-electron chi connectivity index (χ0n) is 12.5. The molecule has 3 unspecified atom stereocenters. The summed E-state index contributed by atoms with van der Waals surface area (Å²) in [4.78, 5) is 0. The Balaban J connectivity index is 1.94. The third-order valence-electron chi connectivity index (χ3n) is 4.29. The van der Waals surface area contributed by atoms with Gasteiger partial charge >= 0.3 is 0 Å². The zero-order chi connectivity index (χ0) is 14.8. The standard InChI is InChI=1S/C16H22ClNO3/c1-10-4-7-21-16(10)15(18-2)11-8-13-14(9-12(11)17)20-6-3-5-19-13/h8-10,15-16,18H,3-7H2,1-2H3. The van der Waals surface area contributed by atoms with E-state index in [-0.39, 0.29) is 12.1 Å². The van der Waals surface area contributed by atoms with Gasteiger partial charge in [0, 0.05) is 24.1 Å². The predicted octanol–water partition coefficient (Wildman–Crippen LogP) is 3.19. The molecule has 1 fully saturated rings. The number of ether oxygens (including phenoxy) is 3. The molecule has 2 aliphatic rings. The van der Waals surface area contributed by atoms with Gasteiger partial charge in [-0.3, -0.25) is 0 Å². The smallest absolute Gasteiger partial charge is 0.162 e. The van der Waals surface area contributed by atoms with Gasteiger partial charge in [-0.2, -0.15) is 0 Å². The largest absolute Gasteiger partial charge is 0.490 e. The van der Waals surface area contributed by atoms with Crippen molar-refractivity contribution in [3.63, 3.8) is 0 Å². The minimum atomic E-state index is 0.0622.